The second kappa shape index (κ2) is 5.42. The Labute approximate surface area is 111 Å². The molecule has 0 radical (unpaired) electrons. The van der Waals surface area contributed by atoms with Gasteiger partial charge in [-0.3, -0.25) is 14.7 Å². The van der Waals surface area contributed by atoms with Gasteiger partial charge in [0.05, 0.1) is 18.0 Å². The number of rotatable bonds is 3. The molecule has 1 aromatic heterocycles. The fraction of sp³-hybridized carbons (Fsp3) is 0.615. The highest BCUT2D eigenvalue weighted by Crippen LogP contribution is 2.19. The summed E-state index contributed by atoms with van der Waals surface area (Å²) in [6, 6.07) is 0. The van der Waals surface area contributed by atoms with Crippen LogP contribution in [-0.2, 0) is 16.0 Å². The summed E-state index contributed by atoms with van der Waals surface area (Å²) in [6.45, 7) is 4.73. The highest BCUT2D eigenvalue weighted by Gasteiger charge is 2.28. The molecule has 1 aliphatic heterocycles. The van der Waals surface area contributed by atoms with Gasteiger partial charge in [-0.25, -0.2) is 0 Å². The average Bonchev–Trinajstić information content (AvgIpc) is 2.70. The molecule has 1 aliphatic rings. The van der Waals surface area contributed by atoms with Gasteiger partial charge in [0.25, 0.3) is 0 Å². The van der Waals surface area contributed by atoms with Crippen LogP contribution in [0.5, 0.6) is 0 Å². The van der Waals surface area contributed by atoms with Crippen LogP contribution >= 0.6 is 0 Å². The third-order valence-corrected chi connectivity index (χ3v) is 3.73. The minimum atomic E-state index is -0.812. The first-order valence-electron chi connectivity index (χ1n) is 6.50. The number of nitrogens with one attached hydrogen (secondary N) is 1. The number of carboxylic acids is 1. The molecular weight excluding hydrogens is 246 g/mol. The number of hydrogen-bond donors (Lipinski definition) is 2. The minimum Gasteiger partial charge on any atom is -0.481 e. The van der Waals surface area contributed by atoms with E-state index in [4.69, 9.17) is 5.11 Å². The number of aromatic nitrogens is 2. The Balaban J connectivity index is 2.02. The van der Waals surface area contributed by atoms with E-state index in [0.717, 1.165) is 23.4 Å². The van der Waals surface area contributed by atoms with Crippen LogP contribution in [-0.4, -0.2) is 45.2 Å². The maximum atomic E-state index is 12.2. The van der Waals surface area contributed by atoms with Crippen molar-refractivity contribution in [2.24, 2.45) is 5.92 Å². The summed E-state index contributed by atoms with van der Waals surface area (Å²) in [5, 5.41) is 16.0. The molecule has 0 aliphatic carbocycles. The zero-order valence-corrected chi connectivity index (χ0v) is 11.3. The Hall–Kier alpha value is -1.85. The zero-order chi connectivity index (χ0) is 14.0. The molecule has 1 saturated heterocycles. The first-order chi connectivity index (χ1) is 8.99. The third-order valence-electron chi connectivity index (χ3n) is 3.73. The normalized spacial score (nSPS) is 19.5. The number of likely N-dealkylation sites (tertiary alicyclic amines) is 1. The Kier molecular flexibility index (Phi) is 3.87. The molecule has 19 heavy (non-hydrogen) atoms. The number of aromatic amines is 1. The Morgan fingerprint density at radius 1 is 1.47 bits per heavy atom. The molecule has 2 rings (SSSR count). The Bertz CT molecular complexity index is 476. The smallest absolute Gasteiger partial charge is 0.308 e. The van der Waals surface area contributed by atoms with Gasteiger partial charge in [0.2, 0.25) is 5.91 Å². The molecule has 1 aromatic rings. The number of carboxylic acid groups (broad SMARTS) is 1. The molecule has 0 aromatic carbocycles. The molecule has 2 N–H and O–H groups in total. The summed E-state index contributed by atoms with van der Waals surface area (Å²) in [5.74, 6) is -1.25. The van der Waals surface area contributed by atoms with E-state index in [1.165, 1.54) is 0 Å². The molecule has 0 saturated carbocycles. The predicted molar refractivity (Wildman–Crippen MR) is 68.7 cm³/mol. The molecule has 1 unspecified atom stereocenters. The Morgan fingerprint density at radius 2 is 2.21 bits per heavy atom. The van der Waals surface area contributed by atoms with Crippen LogP contribution in [0.2, 0.25) is 0 Å². The van der Waals surface area contributed by atoms with E-state index >= 15 is 0 Å². The van der Waals surface area contributed by atoms with Gasteiger partial charge in [-0.15, -0.1) is 0 Å². The van der Waals surface area contributed by atoms with Gasteiger partial charge in [0, 0.05) is 24.3 Å². The number of aliphatic carboxylic acids is 1. The number of H-pyrrole nitrogens is 1. The van der Waals surface area contributed by atoms with Crippen LogP contribution in [0.1, 0.15) is 29.8 Å². The van der Waals surface area contributed by atoms with Crippen LogP contribution in [0.25, 0.3) is 0 Å². The lowest BCUT2D eigenvalue weighted by Gasteiger charge is -2.30. The lowest BCUT2D eigenvalue weighted by atomic mass is 9.97. The van der Waals surface area contributed by atoms with E-state index in [1.807, 2.05) is 13.8 Å². The van der Waals surface area contributed by atoms with Gasteiger partial charge in [-0.1, -0.05) is 0 Å². The molecule has 0 spiro atoms. The summed E-state index contributed by atoms with van der Waals surface area (Å²) in [6.07, 6.45) is 1.70. The van der Waals surface area contributed by atoms with Gasteiger partial charge < -0.3 is 10.0 Å². The van der Waals surface area contributed by atoms with Gasteiger partial charge >= 0.3 is 5.97 Å². The van der Waals surface area contributed by atoms with Crippen molar-refractivity contribution in [3.05, 3.63) is 17.0 Å². The molecule has 2 heterocycles. The summed E-state index contributed by atoms with van der Waals surface area (Å²) >= 11 is 0. The lowest BCUT2D eigenvalue weighted by molar-refractivity contribution is -0.145. The largest absolute Gasteiger partial charge is 0.481 e. The zero-order valence-electron chi connectivity index (χ0n) is 11.3. The van der Waals surface area contributed by atoms with Crippen LogP contribution in [0, 0.1) is 19.8 Å². The molecule has 0 bridgehead atoms. The molecule has 6 heteroatoms. The standard InChI is InChI=1S/C13H19N3O3/c1-8-11(9(2)15-14-8)6-12(17)16-5-3-4-10(7-16)13(18)19/h10H,3-7H2,1-2H3,(H,14,15)(H,18,19). The molecule has 1 amide bonds. The lowest BCUT2D eigenvalue weighted by Crippen LogP contribution is -2.43. The van der Waals surface area contributed by atoms with Crippen LogP contribution in [0.3, 0.4) is 0 Å². The van der Waals surface area contributed by atoms with E-state index in [-0.39, 0.29) is 5.91 Å². The molecule has 104 valence electrons. The van der Waals surface area contributed by atoms with Crippen molar-refractivity contribution in [2.75, 3.05) is 13.1 Å². The SMILES string of the molecule is Cc1n[nH]c(C)c1CC(=O)N1CCCC(C(=O)O)C1. The molecule has 1 atom stereocenters. The minimum absolute atomic E-state index is 0.0152. The Morgan fingerprint density at radius 3 is 2.79 bits per heavy atom. The van der Waals surface area contributed by atoms with Crippen LogP contribution in [0.15, 0.2) is 0 Å². The molecule has 6 nitrogen and oxygen atoms in total. The van der Waals surface area contributed by atoms with Crippen molar-refractivity contribution >= 4 is 11.9 Å². The van der Waals surface area contributed by atoms with Crippen molar-refractivity contribution in [1.29, 1.82) is 0 Å². The third kappa shape index (κ3) is 2.94. The molecule has 1 fully saturated rings. The number of nitrogens with zero attached hydrogens (tertiary/aromatic N) is 2. The number of aryl methyl sites for hydroxylation is 2. The highest BCUT2D eigenvalue weighted by molar-refractivity contribution is 5.80. The molecular formula is C13H19N3O3. The van der Waals surface area contributed by atoms with E-state index in [9.17, 15) is 9.59 Å². The van der Waals surface area contributed by atoms with Crippen LogP contribution < -0.4 is 0 Å². The summed E-state index contributed by atoms with van der Waals surface area (Å²) in [5.41, 5.74) is 2.65. The number of amides is 1. The van der Waals surface area contributed by atoms with E-state index in [1.54, 1.807) is 4.90 Å². The summed E-state index contributed by atoms with van der Waals surface area (Å²) in [7, 11) is 0. The van der Waals surface area contributed by atoms with E-state index in [0.29, 0.717) is 25.9 Å². The van der Waals surface area contributed by atoms with E-state index < -0.39 is 11.9 Å². The second-order valence-corrected chi connectivity index (χ2v) is 5.11. The van der Waals surface area contributed by atoms with Crippen molar-refractivity contribution in [3.63, 3.8) is 0 Å². The first-order valence-corrected chi connectivity index (χ1v) is 6.50. The van der Waals surface area contributed by atoms with Crippen molar-refractivity contribution in [1.82, 2.24) is 15.1 Å². The van der Waals surface area contributed by atoms with Crippen molar-refractivity contribution in [2.45, 2.75) is 33.1 Å². The highest BCUT2D eigenvalue weighted by atomic mass is 16.4. The topological polar surface area (TPSA) is 86.3 Å². The first kappa shape index (κ1) is 13.6. The van der Waals surface area contributed by atoms with Gasteiger partial charge in [-0.05, 0) is 26.7 Å². The number of hydrogen-bond acceptors (Lipinski definition) is 3. The summed E-state index contributed by atoms with van der Waals surface area (Å²) in [4.78, 5) is 24.9. The second-order valence-electron chi connectivity index (χ2n) is 5.11. The van der Waals surface area contributed by atoms with Gasteiger partial charge in [0.15, 0.2) is 0 Å². The fourth-order valence-corrected chi connectivity index (χ4v) is 2.50. The average molecular weight is 265 g/mol. The van der Waals surface area contributed by atoms with Crippen LogP contribution in [0.4, 0.5) is 0 Å². The number of piperidine rings is 1. The summed E-state index contributed by atoms with van der Waals surface area (Å²) < 4.78 is 0. The van der Waals surface area contributed by atoms with Gasteiger partial charge in [-0.2, -0.15) is 5.10 Å². The number of carbonyl (C=O) groups is 2. The monoisotopic (exact) mass is 265 g/mol. The maximum absolute atomic E-state index is 12.2. The fourth-order valence-electron chi connectivity index (χ4n) is 2.50. The van der Waals surface area contributed by atoms with E-state index in [2.05, 4.69) is 10.2 Å². The maximum Gasteiger partial charge on any atom is 0.308 e. The van der Waals surface area contributed by atoms with Gasteiger partial charge in [0.1, 0.15) is 0 Å². The predicted octanol–water partition coefficient (Wildman–Crippen LogP) is 0.892. The number of carbonyl (C=O) groups excluding carboxylic acids is 1. The van der Waals surface area contributed by atoms with Crippen molar-refractivity contribution in [3.8, 4) is 0 Å². The van der Waals surface area contributed by atoms with Crippen molar-refractivity contribution < 1.29 is 14.7 Å². The quantitative estimate of drug-likeness (QED) is 0.850.